The Morgan fingerprint density at radius 2 is 1.80 bits per heavy atom. The van der Waals surface area contributed by atoms with Crippen molar-refractivity contribution >= 4 is 0 Å². The van der Waals surface area contributed by atoms with Gasteiger partial charge in [0.05, 0.1) is 6.61 Å². The number of rotatable bonds is 4. The van der Waals surface area contributed by atoms with Crippen molar-refractivity contribution < 1.29 is 29.9 Å². The van der Waals surface area contributed by atoms with Gasteiger partial charge in [0.1, 0.15) is 24.4 Å². The van der Waals surface area contributed by atoms with E-state index in [1.54, 1.807) is 0 Å². The number of aliphatic hydroxyl groups is 4. The lowest BCUT2D eigenvalue weighted by Crippen LogP contribution is -2.59. The van der Waals surface area contributed by atoms with Crippen LogP contribution in [0.1, 0.15) is 13.3 Å². The van der Waals surface area contributed by atoms with E-state index in [0.717, 1.165) is 6.42 Å². The average molecular weight is 222 g/mol. The largest absolute Gasteiger partial charge is 0.394 e. The second-order valence-electron chi connectivity index (χ2n) is 3.57. The van der Waals surface area contributed by atoms with Crippen LogP contribution in [0.4, 0.5) is 0 Å². The SMILES string of the molecule is CCCO[C@@H]1O[C@H](CO)[C@H](O)[C@H](O)[C@@H]1O. The molecule has 6 heteroatoms. The molecule has 0 bridgehead atoms. The third-order valence-corrected chi connectivity index (χ3v) is 2.33. The van der Waals surface area contributed by atoms with Crippen LogP contribution in [0, 0.1) is 0 Å². The van der Waals surface area contributed by atoms with Gasteiger partial charge in [-0.25, -0.2) is 0 Å². The Morgan fingerprint density at radius 1 is 1.13 bits per heavy atom. The molecule has 0 spiro atoms. The molecule has 90 valence electrons. The topological polar surface area (TPSA) is 99.4 Å². The second-order valence-corrected chi connectivity index (χ2v) is 3.57. The molecule has 15 heavy (non-hydrogen) atoms. The van der Waals surface area contributed by atoms with Crippen molar-refractivity contribution in [2.75, 3.05) is 13.2 Å². The van der Waals surface area contributed by atoms with Crippen molar-refractivity contribution in [2.24, 2.45) is 0 Å². The van der Waals surface area contributed by atoms with E-state index in [-0.39, 0.29) is 0 Å². The van der Waals surface area contributed by atoms with Gasteiger partial charge in [0.25, 0.3) is 0 Å². The first-order valence-corrected chi connectivity index (χ1v) is 5.04. The van der Waals surface area contributed by atoms with Crippen LogP contribution >= 0.6 is 0 Å². The normalized spacial score (nSPS) is 41.8. The zero-order valence-electron chi connectivity index (χ0n) is 8.61. The zero-order chi connectivity index (χ0) is 11.4. The third kappa shape index (κ3) is 2.87. The van der Waals surface area contributed by atoms with Gasteiger partial charge in [0.15, 0.2) is 6.29 Å². The summed E-state index contributed by atoms with van der Waals surface area (Å²) in [4.78, 5) is 0. The first-order valence-electron chi connectivity index (χ1n) is 5.04. The molecule has 0 radical (unpaired) electrons. The number of hydrogen-bond acceptors (Lipinski definition) is 6. The Balaban J connectivity index is 2.57. The minimum absolute atomic E-state index is 0.378. The van der Waals surface area contributed by atoms with Crippen LogP contribution < -0.4 is 0 Å². The van der Waals surface area contributed by atoms with Crippen LogP contribution in [0.2, 0.25) is 0 Å². The second kappa shape index (κ2) is 5.74. The van der Waals surface area contributed by atoms with Crippen molar-refractivity contribution in [3.8, 4) is 0 Å². The molecule has 0 aromatic heterocycles. The van der Waals surface area contributed by atoms with Crippen molar-refractivity contribution in [1.29, 1.82) is 0 Å². The molecule has 6 nitrogen and oxygen atoms in total. The maximum atomic E-state index is 9.51. The summed E-state index contributed by atoms with van der Waals surface area (Å²) < 4.78 is 10.2. The molecule has 1 saturated heterocycles. The van der Waals surface area contributed by atoms with Gasteiger partial charge in [0.2, 0.25) is 0 Å². The van der Waals surface area contributed by atoms with E-state index in [9.17, 15) is 15.3 Å². The minimum atomic E-state index is -1.36. The first-order chi connectivity index (χ1) is 7.11. The number of aliphatic hydroxyl groups excluding tert-OH is 4. The average Bonchev–Trinajstić information content (AvgIpc) is 2.25. The molecule has 0 amide bonds. The molecule has 1 aliphatic rings. The Kier molecular flexibility index (Phi) is 4.91. The fraction of sp³-hybridized carbons (Fsp3) is 1.00. The van der Waals surface area contributed by atoms with Crippen LogP contribution in [-0.2, 0) is 9.47 Å². The van der Waals surface area contributed by atoms with Crippen molar-refractivity contribution in [2.45, 2.75) is 44.1 Å². The Bertz CT molecular complexity index is 185. The van der Waals surface area contributed by atoms with Crippen LogP contribution in [0.15, 0.2) is 0 Å². The molecule has 0 unspecified atom stereocenters. The maximum absolute atomic E-state index is 9.51. The highest BCUT2D eigenvalue weighted by Gasteiger charge is 2.43. The van der Waals surface area contributed by atoms with Crippen LogP contribution in [0.5, 0.6) is 0 Å². The third-order valence-electron chi connectivity index (χ3n) is 2.33. The van der Waals surface area contributed by atoms with Crippen molar-refractivity contribution in [1.82, 2.24) is 0 Å². The predicted molar refractivity (Wildman–Crippen MR) is 50.0 cm³/mol. The summed E-state index contributed by atoms with van der Waals surface area (Å²) in [5, 5.41) is 37.2. The van der Waals surface area contributed by atoms with Crippen molar-refractivity contribution in [3.05, 3.63) is 0 Å². The molecule has 1 heterocycles. The summed E-state index contributed by atoms with van der Waals surface area (Å²) in [7, 11) is 0. The van der Waals surface area contributed by atoms with Gasteiger partial charge in [-0.05, 0) is 6.42 Å². The first kappa shape index (κ1) is 12.8. The molecule has 0 saturated carbocycles. The number of hydrogen-bond donors (Lipinski definition) is 4. The lowest BCUT2D eigenvalue weighted by Gasteiger charge is -2.39. The molecule has 0 aromatic rings. The summed E-state index contributed by atoms with van der Waals surface area (Å²) in [6, 6.07) is 0. The van der Waals surface area contributed by atoms with E-state index >= 15 is 0 Å². The summed E-state index contributed by atoms with van der Waals surface area (Å²) in [5.74, 6) is 0. The Labute approximate surface area is 88.1 Å². The van der Waals surface area contributed by atoms with Gasteiger partial charge >= 0.3 is 0 Å². The highest BCUT2D eigenvalue weighted by molar-refractivity contribution is 4.88. The summed E-state index contributed by atoms with van der Waals surface area (Å²) in [6.07, 6.45) is -5.14. The van der Waals surface area contributed by atoms with E-state index in [2.05, 4.69) is 0 Å². The van der Waals surface area contributed by atoms with Gasteiger partial charge in [-0.1, -0.05) is 6.92 Å². The molecule has 0 aliphatic carbocycles. The molecular weight excluding hydrogens is 204 g/mol. The van der Waals surface area contributed by atoms with Gasteiger partial charge in [-0.3, -0.25) is 0 Å². The van der Waals surface area contributed by atoms with Crippen LogP contribution in [-0.4, -0.2) is 64.3 Å². The lowest BCUT2D eigenvalue weighted by molar-refractivity contribution is -0.300. The monoisotopic (exact) mass is 222 g/mol. The molecule has 1 aliphatic heterocycles. The van der Waals surface area contributed by atoms with E-state index in [0.29, 0.717) is 6.61 Å². The zero-order valence-corrected chi connectivity index (χ0v) is 8.61. The standard InChI is InChI=1S/C9H18O6/c1-2-3-14-9-8(13)7(12)6(11)5(4-10)15-9/h5-13H,2-4H2,1H3/t5-,6+,7+,8+,9-/m1/s1. The summed E-state index contributed by atoms with van der Waals surface area (Å²) in [6.45, 7) is 1.84. The fourth-order valence-corrected chi connectivity index (χ4v) is 1.44. The van der Waals surface area contributed by atoms with Gasteiger partial charge < -0.3 is 29.9 Å². The Hall–Kier alpha value is -0.240. The van der Waals surface area contributed by atoms with Crippen LogP contribution in [0.25, 0.3) is 0 Å². The van der Waals surface area contributed by atoms with Crippen LogP contribution in [0.3, 0.4) is 0 Å². The van der Waals surface area contributed by atoms with E-state index in [1.165, 1.54) is 0 Å². The molecular formula is C9H18O6. The van der Waals surface area contributed by atoms with Crippen molar-refractivity contribution in [3.63, 3.8) is 0 Å². The molecule has 0 aromatic carbocycles. The quantitative estimate of drug-likeness (QED) is 0.448. The molecule has 5 atom stereocenters. The van der Waals surface area contributed by atoms with E-state index in [4.69, 9.17) is 14.6 Å². The summed E-state index contributed by atoms with van der Waals surface area (Å²) in [5.41, 5.74) is 0. The molecule has 1 rings (SSSR count). The lowest BCUT2D eigenvalue weighted by atomic mass is 9.99. The van der Waals surface area contributed by atoms with E-state index in [1.807, 2.05) is 6.92 Å². The predicted octanol–water partition coefficient (Wildman–Crippen LogP) is -1.79. The smallest absolute Gasteiger partial charge is 0.186 e. The highest BCUT2D eigenvalue weighted by Crippen LogP contribution is 2.21. The number of ether oxygens (including phenoxy) is 2. The fourth-order valence-electron chi connectivity index (χ4n) is 1.44. The van der Waals surface area contributed by atoms with Gasteiger partial charge in [-0.15, -0.1) is 0 Å². The summed E-state index contributed by atoms with van der Waals surface area (Å²) >= 11 is 0. The van der Waals surface area contributed by atoms with Gasteiger partial charge in [-0.2, -0.15) is 0 Å². The van der Waals surface area contributed by atoms with Gasteiger partial charge in [0, 0.05) is 6.61 Å². The molecule has 4 N–H and O–H groups in total. The maximum Gasteiger partial charge on any atom is 0.186 e. The van der Waals surface area contributed by atoms with E-state index < -0.39 is 37.3 Å². The minimum Gasteiger partial charge on any atom is -0.394 e. The Morgan fingerprint density at radius 3 is 2.33 bits per heavy atom. The highest BCUT2D eigenvalue weighted by atomic mass is 16.7. The molecule has 1 fully saturated rings.